The molecule has 0 radical (unpaired) electrons. The second kappa shape index (κ2) is 13.0. The Balaban J connectivity index is 2.38. The molecule has 0 bridgehead atoms. The van der Waals surface area contributed by atoms with Crippen molar-refractivity contribution in [2.75, 3.05) is 30.8 Å². The van der Waals surface area contributed by atoms with E-state index >= 15 is 0 Å². The number of carbonyl (C=O) groups is 2. The molecule has 8 nitrogen and oxygen atoms in total. The Morgan fingerprint density at radius 3 is 2.43 bits per heavy atom. The van der Waals surface area contributed by atoms with E-state index in [1.54, 1.807) is 43.3 Å². The molecule has 2 aromatic rings. The Bertz CT molecular complexity index is 1140. The summed E-state index contributed by atoms with van der Waals surface area (Å²) in [6.45, 7) is 3.63. The molecule has 0 aliphatic carbocycles. The molecule has 1 atom stereocenters. The first-order chi connectivity index (χ1) is 16.5. The fraction of sp³-hybridized carbons (Fsp3) is 0.417. The van der Waals surface area contributed by atoms with Gasteiger partial charge in [-0.05, 0) is 43.2 Å². The van der Waals surface area contributed by atoms with E-state index in [9.17, 15) is 18.0 Å². The maximum Gasteiger partial charge on any atom is 0.244 e. The van der Waals surface area contributed by atoms with Crippen LogP contribution < -0.4 is 14.4 Å². The summed E-state index contributed by atoms with van der Waals surface area (Å²) in [6, 6.07) is 10.5. The molecule has 0 spiro atoms. The SMILES string of the molecule is CCCCNC(=O)[C@H](C)N(Cc1ccc(Cl)c(Cl)c1)C(=O)CN(c1cccc(OC)c1)S(C)(=O)=O. The van der Waals surface area contributed by atoms with Gasteiger partial charge >= 0.3 is 0 Å². The number of amides is 2. The molecule has 0 saturated heterocycles. The number of rotatable bonds is 12. The summed E-state index contributed by atoms with van der Waals surface area (Å²) in [5.41, 5.74) is 0.919. The summed E-state index contributed by atoms with van der Waals surface area (Å²) in [7, 11) is -2.36. The number of ether oxygens (including phenoxy) is 1. The number of anilines is 1. The molecule has 0 saturated carbocycles. The number of hydrogen-bond acceptors (Lipinski definition) is 5. The number of nitrogens with zero attached hydrogens (tertiary/aromatic N) is 2. The number of hydrogen-bond donors (Lipinski definition) is 1. The average molecular weight is 545 g/mol. The second-order valence-electron chi connectivity index (χ2n) is 8.06. The van der Waals surface area contributed by atoms with Gasteiger partial charge in [0.1, 0.15) is 18.3 Å². The fourth-order valence-corrected chi connectivity index (χ4v) is 4.49. The third-order valence-electron chi connectivity index (χ3n) is 5.35. The van der Waals surface area contributed by atoms with E-state index in [0.29, 0.717) is 27.9 Å². The van der Waals surface area contributed by atoms with Crippen molar-refractivity contribution < 1.29 is 22.7 Å². The quantitative estimate of drug-likeness (QED) is 0.406. The Kier molecular flexibility index (Phi) is 10.7. The minimum atomic E-state index is -3.83. The van der Waals surface area contributed by atoms with Crippen LogP contribution in [0.1, 0.15) is 32.3 Å². The highest BCUT2D eigenvalue weighted by atomic mass is 35.5. The first-order valence-electron chi connectivity index (χ1n) is 11.1. The minimum absolute atomic E-state index is 0.0355. The molecular formula is C24H31Cl2N3O5S. The number of methoxy groups -OCH3 is 1. The van der Waals surface area contributed by atoms with E-state index in [1.807, 2.05) is 6.92 Å². The smallest absolute Gasteiger partial charge is 0.244 e. The molecule has 2 amide bonds. The molecule has 0 heterocycles. The van der Waals surface area contributed by atoms with Gasteiger partial charge in [0.2, 0.25) is 21.8 Å². The molecule has 2 rings (SSSR count). The van der Waals surface area contributed by atoms with E-state index in [4.69, 9.17) is 27.9 Å². The van der Waals surface area contributed by atoms with Crippen molar-refractivity contribution in [1.82, 2.24) is 10.2 Å². The minimum Gasteiger partial charge on any atom is -0.497 e. The molecule has 0 aliphatic heterocycles. The topological polar surface area (TPSA) is 96.0 Å². The van der Waals surface area contributed by atoms with Gasteiger partial charge < -0.3 is 15.0 Å². The predicted octanol–water partition coefficient (Wildman–Crippen LogP) is 4.10. The standard InChI is InChI=1S/C24H31Cl2N3O5S/c1-5-6-12-27-24(31)17(2)28(15-18-10-11-21(25)22(26)13-18)23(30)16-29(35(4,32)33)19-8-7-9-20(14-19)34-3/h7-11,13-14,17H,5-6,12,15-16H2,1-4H3,(H,27,31)/t17-/m0/s1. The number of halogens is 2. The Hall–Kier alpha value is -2.49. The third kappa shape index (κ3) is 8.30. The zero-order chi connectivity index (χ0) is 26.2. The van der Waals surface area contributed by atoms with Crippen LogP contribution in [0.25, 0.3) is 0 Å². The van der Waals surface area contributed by atoms with Gasteiger partial charge in [0.25, 0.3) is 0 Å². The summed E-state index contributed by atoms with van der Waals surface area (Å²) in [4.78, 5) is 27.7. The van der Waals surface area contributed by atoms with Crippen LogP contribution in [0.5, 0.6) is 5.75 Å². The van der Waals surface area contributed by atoms with Crippen LogP contribution in [-0.4, -0.2) is 57.6 Å². The van der Waals surface area contributed by atoms with Gasteiger partial charge in [0.15, 0.2) is 0 Å². The maximum atomic E-state index is 13.5. The molecule has 2 aromatic carbocycles. The van der Waals surface area contributed by atoms with Crippen LogP contribution in [0.15, 0.2) is 42.5 Å². The molecule has 0 fully saturated rings. The van der Waals surface area contributed by atoms with Crippen molar-refractivity contribution in [3.8, 4) is 5.75 Å². The van der Waals surface area contributed by atoms with Crippen LogP contribution in [0, 0.1) is 0 Å². The molecule has 0 aromatic heterocycles. The third-order valence-corrected chi connectivity index (χ3v) is 7.23. The summed E-state index contributed by atoms with van der Waals surface area (Å²) >= 11 is 12.2. The molecule has 1 N–H and O–H groups in total. The van der Waals surface area contributed by atoms with Gasteiger partial charge in [-0.2, -0.15) is 0 Å². The molecule has 0 aliphatic rings. The average Bonchev–Trinajstić information content (AvgIpc) is 2.81. The zero-order valence-electron chi connectivity index (χ0n) is 20.3. The van der Waals surface area contributed by atoms with Crippen molar-refractivity contribution in [2.45, 2.75) is 39.3 Å². The highest BCUT2D eigenvalue weighted by molar-refractivity contribution is 7.92. The van der Waals surface area contributed by atoms with E-state index in [-0.39, 0.29) is 18.1 Å². The van der Waals surface area contributed by atoms with Gasteiger partial charge in [-0.3, -0.25) is 13.9 Å². The highest BCUT2D eigenvalue weighted by Gasteiger charge is 2.30. The first kappa shape index (κ1) is 28.7. The Morgan fingerprint density at radius 2 is 1.83 bits per heavy atom. The number of benzene rings is 2. The van der Waals surface area contributed by atoms with Crippen molar-refractivity contribution in [1.29, 1.82) is 0 Å². The van der Waals surface area contributed by atoms with E-state index in [1.165, 1.54) is 18.1 Å². The van der Waals surface area contributed by atoms with Crippen LogP contribution >= 0.6 is 23.2 Å². The molecule has 192 valence electrons. The van der Waals surface area contributed by atoms with Gasteiger partial charge in [-0.1, -0.05) is 48.7 Å². The van der Waals surface area contributed by atoms with Crippen LogP contribution in [0.4, 0.5) is 5.69 Å². The van der Waals surface area contributed by atoms with Crippen molar-refractivity contribution in [3.63, 3.8) is 0 Å². The van der Waals surface area contributed by atoms with Crippen molar-refractivity contribution in [2.24, 2.45) is 0 Å². The van der Waals surface area contributed by atoms with Crippen LogP contribution in [0.3, 0.4) is 0 Å². The first-order valence-corrected chi connectivity index (χ1v) is 13.7. The lowest BCUT2D eigenvalue weighted by Crippen LogP contribution is -2.51. The largest absolute Gasteiger partial charge is 0.497 e. The van der Waals surface area contributed by atoms with Gasteiger partial charge in [0, 0.05) is 19.2 Å². The van der Waals surface area contributed by atoms with Crippen LogP contribution in [0.2, 0.25) is 10.0 Å². The second-order valence-corrected chi connectivity index (χ2v) is 10.8. The lowest BCUT2D eigenvalue weighted by Gasteiger charge is -2.31. The predicted molar refractivity (Wildman–Crippen MR) is 140 cm³/mol. The monoisotopic (exact) mass is 543 g/mol. The molecule has 11 heteroatoms. The zero-order valence-corrected chi connectivity index (χ0v) is 22.6. The van der Waals surface area contributed by atoms with Crippen molar-refractivity contribution in [3.05, 3.63) is 58.1 Å². The number of sulfonamides is 1. The number of unbranched alkanes of at least 4 members (excludes halogenated alkanes) is 1. The lowest BCUT2D eigenvalue weighted by atomic mass is 10.1. The molecule has 35 heavy (non-hydrogen) atoms. The van der Waals surface area contributed by atoms with Gasteiger partial charge in [0.05, 0.1) is 29.1 Å². The summed E-state index contributed by atoms with van der Waals surface area (Å²) in [5.74, 6) is -0.443. The lowest BCUT2D eigenvalue weighted by molar-refractivity contribution is -0.139. The molecular weight excluding hydrogens is 513 g/mol. The summed E-state index contributed by atoms with van der Waals surface area (Å²) in [6.07, 6.45) is 2.73. The van der Waals surface area contributed by atoms with E-state index in [0.717, 1.165) is 23.4 Å². The number of carbonyl (C=O) groups excluding carboxylic acids is 2. The molecule has 0 unspecified atom stereocenters. The normalized spacial score (nSPS) is 12.1. The summed E-state index contributed by atoms with van der Waals surface area (Å²) < 4.78 is 31.4. The van der Waals surface area contributed by atoms with E-state index < -0.39 is 28.5 Å². The van der Waals surface area contributed by atoms with E-state index in [2.05, 4.69) is 5.32 Å². The van der Waals surface area contributed by atoms with Gasteiger partial charge in [-0.15, -0.1) is 0 Å². The Labute approximate surface area is 217 Å². The van der Waals surface area contributed by atoms with Crippen LogP contribution in [-0.2, 0) is 26.2 Å². The van der Waals surface area contributed by atoms with Crippen molar-refractivity contribution >= 4 is 50.7 Å². The maximum absolute atomic E-state index is 13.5. The highest BCUT2D eigenvalue weighted by Crippen LogP contribution is 2.25. The Morgan fingerprint density at radius 1 is 1.11 bits per heavy atom. The summed E-state index contributed by atoms with van der Waals surface area (Å²) in [5, 5.41) is 3.50. The van der Waals surface area contributed by atoms with Gasteiger partial charge in [-0.25, -0.2) is 8.42 Å². The number of nitrogens with one attached hydrogen (secondary N) is 1. The fourth-order valence-electron chi connectivity index (χ4n) is 3.33.